The fourth-order valence-electron chi connectivity index (χ4n) is 3.10. The lowest BCUT2D eigenvalue weighted by Gasteiger charge is -2.08. The first-order valence-electron chi connectivity index (χ1n) is 8.82. The number of hydrogen-bond donors (Lipinski definition) is 1. The fourth-order valence-corrected chi connectivity index (χ4v) is 3.10. The van der Waals surface area contributed by atoms with Crippen molar-refractivity contribution in [3.63, 3.8) is 0 Å². The Morgan fingerprint density at radius 1 is 1.00 bits per heavy atom. The summed E-state index contributed by atoms with van der Waals surface area (Å²) in [7, 11) is 0. The quantitative estimate of drug-likeness (QED) is 0.696. The smallest absolute Gasteiger partial charge is 0.218 e. The molecule has 0 saturated heterocycles. The molecule has 0 aliphatic rings. The highest BCUT2D eigenvalue weighted by Gasteiger charge is 2.20. The molecular formula is C22H26N2O. The molecule has 3 aromatic rings. The van der Waals surface area contributed by atoms with E-state index in [1.807, 2.05) is 12.1 Å². The van der Waals surface area contributed by atoms with Gasteiger partial charge in [-0.15, -0.1) is 0 Å². The number of aromatic nitrogens is 2. The van der Waals surface area contributed by atoms with Crippen LogP contribution in [-0.4, -0.2) is 14.9 Å². The highest BCUT2D eigenvalue weighted by Crippen LogP contribution is 2.34. The molecule has 1 aromatic heterocycles. The van der Waals surface area contributed by atoms with E-state index in [2.05, 4.69) is 65.0 Å². The zero-order valence-electron chi connectivity index (χ0n) is 15.7. The van der Waals surface area contributed by atoms with Crippen molar-refractivity contribution >= 4 is 0 Å². The van der Waals surface area contributed by atoms with Gasteiger partial charge in [0, 0.05) is 11.1 Å². The molecule has 0 aliphatic heterocycles. The Morgan fingerprint density at radius 2 is 1.76 bits per heavy atom. The summed E-state index contributed by atoms with van der Waals surface area (Å²) in [5, 5.41) is 15.7. The van der Waals surface area contributed by atoms with Crippen molar-refractivity contribution in [1.29, 1.82) is 0 Å². The first-order valence-corrected chi connectivity index (χ1v) is 8.82. The van der Waals surface area contributed by atoms with E-state index < -0.39 is 0 Å². The molecule has 0 atom stereocenters. The Balaban J connectivity index is 2.19. The average molecular weight is 334 g/mol. The van der Waals surface area contributed by atoms with Gasteiger partial charge >= 0.3 is 0 Å². The molecule has 3 heteroatoms. The molecule has 0 fully saturated rings. The Labute approximate surface area is 150 Å². The summed E-state index contributed by atoms with van der Waals surface area (Å²) in [6.07, 6.45) is 0.792. The number of rotatable bonds is 4. The number of nitrogens with zero attached hydrogens (tertiary/aromatic N) is 2. The maximum atomic E-state index is 10.9. The first-order chi connectivity index (χ1) is 11.9. The molecule has 3 rings (SSSR count). The lowest BCUT2D eigenvalue weighted by atomic mass is 9.99. The van der Waals surface area contributed by atoms with E-state index >= 15 is 0 Å². The molecular weight excluding hydrogens is 308 g/mol. The molecule has 3 nitrogen and oxygen atoms in total. The summed E-state index contributed by atoms with van der Waals surface area (Å²) < 4.78 is 1.67. The summed E-state index contributed by atoms with van der Waals surface area (Å²) in [6, 6.07) is 14.4. The predicted octanol–water partition coefficient (Wildman–Crippen LogP) is 5.37. The van der Waals surface area contributed by atoms with E-state index in [1.165, 1.54) is 16.7 Å². The van der Waals surface area contributed by atoms with E-state index in [1.54, 1.807) is 4.68 Å². The summed E-state index contributed by atoms with van der Waals surface area (Å²) in [5.74, 6) is 0.681. The van der Waals surface area contributed by atoms with E-state index in [9.17, 15) is 5.11 Å². The van der Waals surface area contributed by atoms with Crippen LogP contribution in [0.25, 0.3) is 16.9 Å². The Morgan fingerprint density at radius 3 is 2.40 bits per heavy atom. The minimum atomic E-state index is 0.244. The molecule has 0 amide bonds. The minimum Gasteiger partial charge on any atom is -0.493 e. The van der Waals surface area contributed by atoms with Crippen molar-refractivity contribution in [2.45, 2.75) is 41.0 Å². The molecule has 0 aliphatic carbocycles. The number of aryl methyl sites for hydroxylation is 3. The van der Waals surface area contributed by atoms with Crippen molar-refractivity contribution in [1.82, 2.24) is 9.78 Å². The zero-order valence-corrected chi connectivity index (χ0v) is 15.7. The fraction of sp³-hybridized carbons (Fsp3) is 0.318. The highest BCUT2D eigenvalue weighted by atomic mass is 16.3. The van der Waals surface area contributed by atoms with E-state index in [0.29, 0.717) is 5.92 Å². The van der Waals surface area contributed by atoms with Crippen molar-refractivity contribution in [3.8, 4) is 22.8 Å². The summed E-state index contributed by atoms with van der Waals surface area (Å²) in [6.45, 7) is 10.6. The molecule has 0 spiro atoms. The van der Waals surface area contributed by atoms with Gasteiger partial charge in [-0.25, -0.2) is 4.68 Å². The van der Waals surface area contributed by atoms with Gasteiger partial charge in [0.25, 0.3) is 0 Å². The van der Waals surface area contributed by atoms with Crippen LogP contribution in [0.3, 0.4) is 0 Å². The van der Waals surface area contributed by atoms with Crippen molar-refractivity contribution < 1.29 is 5.11 Å². The van der Waals surface area contributed by atoms with Crippen LogP contribution in [0.2, 0.25) is 0 Å². The molecule has 2 aromatic carbocycles. The van der Waals surface area contributed by atoms with Gasteiger partial charge in [-0.2, -0.15) is 5.10 Å². The Kier molecular flexibility index (Phi) is 4.67. The third kappa shape index (κ3) is 3.46. The molecule has 25 heavy (non-hydrogen) atoms. The number of benzene rings is 2. The largest absolute Gasteiger partial charge is 0.493 e. The predicted molar refractivity (Wildman–Crippen MR) is 103 cm³/mol. The summed E-state index contributed by atoms with van der Waals surface area (Å²) in [5.41, 5.74) is 7.34. The maximum Gasteiger partial charge on any atom is 0.218 e. The molecule has 0 unspecified atom stereocenters. The van der Waals surface area contributed by atoms with Crippen LogP contribution in [0.1, 0.15) is 36.1 Å². The van der Waals surface area contributed by atoms with E-state index in [4.69, 9.17) is 5.10 Å². The third-order valence-corrected chi connectivity index (χ3v) is 4.60. The van der Waals surface area contributed by atoms with Gasteiger partial charge in [-0.3, -0.25) is 0 Å². The van der Waals surface area contributed by atoms with Gasteiger partial charge in [0.05, 0.1) is 11.4 Å². The van der Waals surface area contributed by atoms with Gasteiger partial charge in [-0.1, -0.05) is 43.7 Å². The number of hydrogen-bond acceptors (Lipinski definition) is 2. The van der Waals surface area contributed by atoms with E-state index in [-0.39, 0.29) is 5.88 Å². The average Bonchev–Trinajstić information content (AvgIpc) is 2.87. The molecule has 130 valence electrons. The lowest BCUT2D eigenvalue weighted by molar-refractivity contribution is 0.424. The first kappa shape index (κ1) is 17.3. The summed E-state index contributed by atoms with van der Waals surface area (Å²) >= 11 is 0. The van der Waals surface area contributed by atoms with Gasteiger partial charge in [0.1, 0.15) is 0 Å². The second kappa shape index (κ2) is 6.75. The van der Waals surface area contributed by atoms with Crippen LogP contribution in [0.5, 0.6) is 5.88 Å². The monoisotopic (exact) mass is 334 g/mol. The van der Waals surface area contributed by atoms with Crippen molar-refractivity contribution in [2.75, 3.05) is 0 Å². The van der Waals surface area contributed by atoms with Crippen LogP contribution in [0.4, 0.5) is 0 Å². The third-order valence-electron chi connectivity index (χ3n) is 4.60. The highest BCUT2D eigenvalue weighted by molar-refractivity contribution is 5.67. The van der Waals surface area contributed by atoms with Crippen molar-refractivity contribution in [2.24, 2.45) is 5.92 Å². The minimum absolute atomic E-state index is 0.244. The van der Waals surface area contributed by atoms with Crippen LogP contribution in [0.15, 0.2) is 42.5 Å². The SMILES string of the molecule is Cc1cccc(-c2nn(-c3ccc(C)c(C)c3)c(O)c2CC(C)C)c1. The second-order valence-electron chi connectivity index (χ2n) is 7.30. The number of aromatic hydroxyl groups is 1. The second-order valence-corrected chi connectivity index (χ2v) is 7.30. The zero-order chi connectivity index (χ0) is 18.1. The summed E-state index contributed by atoms with van der Waals surface area (Å²) in [4.78, 5) is 0. The van der Waals surface area contributed by atoms with Gasteiger partial charge in [0.15, 0.2) is 0 Å². The molecule has 1 N–H and O–H groups in total. The van der Waals surface area contributed by atoms with Crippen LogP contribution in [0, 0.1) is 26.7 Å². The Hall–Kier alpha value is -2.55. The van der Waals surface area contributed by atoms with Crippen LogP contribution >= 0.6 is 0 Å². The van der Waals surface area contributed by atoms with Crippen LogP contribution in [-0.2, 0) is 6.42 Å². The van der Waals surface area contributed by atoms with Crippen molar-refractivity contribution in [3.05, 3.63) is 64.7 Å². The lowest BCUT2D eigenvalue weighted by Crippen LogP contribution is -1.98. The van der Waals surface area contributed by atoms with Gasteiger partial charge in [-0.05, 0) is 62.4 Å². The molecule has 0 bridgehead atoms. The standard InChI is InChI=1S/C22H26N2O/c1-14(2)11-20-21(18-8-6-7-15(3)12-18)23-24(22(20)25)19-10-9-16(4)17(5)13-19/h6-10,12-14,25H,11H2,1-5H3. The maximum absolute atomic E-state index is 10.9. The Bertz CT molecular complexity index is 906. The van der Waals surface area contributed by atoms with Gasteiger partial charge in [0.2, 0.25) is 5.88 Å². The molecule has 0 radical (unpaired) electrons. The normalized spacial score (nSPS) is 11.3. The topological polar surface area (TPSA) is 38.0 Å². The molecule has 0 saturated carbocycles. The van der Waals surface area contributed by atoms with Gasteiger partial charge < -0.3 is 5.11 Å². The molecule has 1 heterocycles. The van der Waals surface area contributed by atoms with E-state index in [0.717, 1.165) is 28.9 Å². The van der Waals surface area contributed by atoms with Crippen LogP contribution < -0.4 is 0 Å².